The summed E-state index contributed by atoms with van der Waals surface area (Å²) >= 11 is 0. The van der Waals surface area contributed by atoms with Crippen LogP contribution >= 0.6 is 0 Å². The average molecular weight is 287 g/mol. The van der Waals surface area contributed by atoms with Gasteiger partial charge in [0.1, 0.15) is 0 Å². The molecule has 2 amide bonds. The maximum Gasteiger partial charge on any atom is 0.240 e. The molecule has 1 aromatic carbocycles. The molecule has 2 fully saturated rings. The molecule has 0 bridgehead atoms. The Hall–Kier alpha value is -1.88. The van der Waals surface area contributed by atoms with E-state index in [4.69, 9.17) is 0 Å². The standard InChI is InChI=1S/C16H21N3O2/c20-15-12-19(10-8-17-15)16(21)14-7-4-9-18(14)11-13-5-2-1-3-6-13/h1-3,5-6,14H,4,7-12H2,(H,17,20). The molecule has 0 spiro atoms. The molecular weight excluding hydrogens is 266 g/mol. The van der Waals surface area contributed by atoms with Gasteiger partial charge in [-0.3, -0.25) is 14.5 Å². The van der Waals surface area contributed by atoms with Crippen molar-refractivity contribution in [3.8, 4) is 0 Å². The van der Waals surface area contributed by atoms with Gasteiger partial charge < -0.3 is 10.2 Å². The molecule has 2 aliphatic rings. The Morgan fingerprint density at radius 2 is 2.05 bits per heavy atom. The lowest BCUT2D eigenvalue weighted by Gasteiger charge is -2.32. The second-order valence-corrected chi connectivity index (χ2v) is 5.72. The summed E-state index contributed by atoms with van der Waals surface area (Å²) < 4.78 is 0. The van der Waals surface area contributed by atoms with E-state index in [0.29, 0.717) is 13.1 Å². The number of hydrogen-bond donors (Lipinski definition) is 1. The molecule has 5 nitrogen and oxygen atoms in total. The summed E-state index contributed by atoms with van der Waals surface area (Å²) in [6, 6.07) is 10.2. The van der Waals surface area contributed by atoms with Crippen molar-refractivity contribution in [3.63, 3.8) is 0 Å². The molecule has 1 aromatic rings. The molecule has 0 aliphatic carbocycles. The van der Waals surface area contributed by atoms with Crippen LogP contribution in [0.1, 0.15) is 18.4 Å². The zero-order chi connectivity index (χ0) is 14.7. The molecular formula is C16H21N3O2. The summed E-state index contributed by atoms with van der Waals surface area (Å²) in [4.78, 5) is 28.0. The van der Waals surface area contributed by atoms with Gasteiger partial charge in [0.2, 0.25) is 11.8 Å². The van der Waals surface area contributed by atoms with Crippen LogP contribution in [0.4, 0.5) is 0 Å². The number of nitrogens with one attached hydrogen (secondary N) is 1. The smallest absolute Gasteiger partial charge is 0.240 e. The third-order valence-corrected chi connectivity index (χ3v) is 4.23. The summed E-state index contributed by atoms with van der Waals surface area (Å²) in [6.07, 6.45) is 1.94. The van der Waals surface area contributed by atoms with E-state index in [9.17, 15) is 9.59 Å². The Morgan fingerprint density at radius 1 is 1.24 bits per heavy atom. The molecule has 0 aromatic heterocycles. The number of benzene rings is 1. The molecule has 1 unspecified atom stereocenters. The minimum Gasteiger partial charge on any atom is -0.353 e. The van der Waals surface area contributed by atoms with Crippen LogP contribution in [-0.4, -0.2) is 53.8 Å². The first-order valence-corrected chi connectivity index (χ1v) is 7.57. The highest BCUT2D eigenvalue weighted by atomic mass is 16.2. The SMILES string of the molecule is O=C1CN(C(=O)C2CCCN2Cc2ccccc2)CCN1. The van der Waals surface area contributed by atoms with E-state index in [1.165, 1.54) is 5.56 Å². The third-order valence-electron chi connectivity index (χ3n) is 4.23. The van der Waals surface area contributed by atoms with E-state index in [1.807, 2.05) is 18.2 Å². The van der Waals surface area contributed by atoms with Gasteiger partial charge in [0.15, 0.2) is 0 Å². The Kier molecular flexibility index (Phi) is 4.20. The van der Waals surface area contributed by atoms with Gasteiger partial charge in [-0.2, -0.15) is 0 Å². The van der Waals surface area contributed by atoms with Gasteiger partial charge in [-0.05, 0) is 24.9 Å². The highest BCUT2D eigenvalue weighted by Gasteiger charge is 2.34. The molecule has 0 saturated carbocycles. The third kappa shape index (κ3) is 3.24. The fourth-order valence-electron chi connectivity index (χ4n) is 3.15. The van der Waals surface area contributed by atoms with Crippen molar-refractivity contribution in [2.24, 2.45) is 0 Å². The fourth-order valence-corrected chi connectivity index (χ4v) is 3.15. The number of nitrogens with zero attached hydrogens (tertiary/aromatic N) is 2. The number of carbonyl (C=O) groups is 2. The van der Waals surface area contributed by atoms with E-state index in [1.54, 1.807) is 4.90 Å². The van der Waals surface area contributed by atoms with Crippen LogP contribution in [-0.2, 0) is 16.1 Å². The van der Waals surface area contributed by atoms with Gasteiger partial charge in [0, 0.05) is 19.6 Å². The van der Waals surface area contributed by atoms with Crippen LogP contribution in [0.5, 0.6) is 0 Å². The van der Waals surface area contributed by atoms with Crippen molar-refractivity contribution in [2.45, 2.75) is 25.4 Å². The largest absolute Gasteiger partial charge is 0.353 e. The molecule has 2 heterocycles. The molecule has 5 heteroatoms. The number of carbonyl (C=O) groups excluding carboxylic acids is 2. The van der Waals surface area contributed by atoms with Crippen molar-refractivity contribution in [2.75, 3.05) is 26.2 Å². The lowest BCUT2D eigenvalue weighted by Crippen LogP contribution is -2.54. The Balaban J connectivity index is 1.66. The maximum atomic E-state index is 12.7. The fraction of sp³-hybridized carbons (Fsp3) is 0.500. The minimum atomic E-state index is -0.0730. The van der Waals surface area contributed by atoms with Crippen molar-refractivity contribution in [1.82, 2.24) is 15.1 Å². The van der Waals surface area contributed by atoms with Crippen LogP contribution in [0.2, 0.25) is 0 Å². The summed E-state index contributed by atoms with van der Waals surface area (Å²) in [5.74, 6) is 0.0560. The zero-order valence-corrected chi connectivity index (χ0v) is 12.1. The first-order chi connectivity index (χ1) is 10.2. The average Bonchev–Trinajstić information content (AvgIpc) is 2.95. The van der Waals surface area contributed by atoms with Gasteiger partial charge in [0.05, 0.1) is 12.6 Å². The Morgan fingerprint density at radius 3 is 2.81 bits per heavy atom. The predicted octanol–water partition coefficient (Wildman–Crippen LogP) is 0.609. The lowest BCUT2D eigenvalue weighted by molar-refractivity contribution is -0.141. The van der Waals surface area contributed by atoms with Crippen LogP contribution in [0.3, 0.4) is 0 Å². The van der Waals surface area contributed by atoms with Crippen molar-refractivity contribution in [3.05, 3.63) is 35.9 Å². The maximum absolute atomic E-state index is 12.7. The topological polar surface area (TPSA) is 52.7 Å². The van der Waals surface area contributed by atoms with E-state index in [0.717, 1.165) is 25.9 Å². The molecule has 0 radical (unpaired) electrons. The number of hydrogen-bond acceptors (Lipinski definition) is 3. The molecule has 1 N–H and O–H groups in total. The van der Waals surface area contributed by atoms with Crippen molar-refractivity contribution < 1.29 is 9.59 Å². The number of likely N-dealkylation sites (tertiary alicyclic amines) is 1. The summed E-state index contributed by atoms with van der Waals surface area (Å²) in [5, 5.41) is 2.76. The summed E-state index contributed by atoms with van der Waals surface area (Å²) in [7, 11) is 0. The van der Waals surface area contributed by atoms with E-state index < -0.39 is 0 Å². The van der Waals surface area contributed by atoms with Crippen LogP contribution < -0.4 is 5.32 Å². The molecule has 21 heavy (non-hydrogen) atoms. The Labute approximate surface area is 124 Å². The van der Waals surface area contributed by atoms with Gasteiger partial charge >= 0.3 is 0 Å². The second-order valence-electron chi connectivity index (χ2n) is 5.72. The van der Waals surface area contributed by atoms with E-state index >= 15 is 0 Å². The molecule has 2 saturated heterocycles. The summed E-state index contributed by atoms with van der Waals surface area (Å²) in [5.41, 5.74) is 1.23. The monoisotopic (exact) mass is 287 g/mol. The molecule has 2 aliphatic heterocycles. The van der Waals surface area contributed by atoms with Gasteiger partial charge in [-0.15, -0.1) is 0 Å². The van der Waals surface area contributed by atoms with Crippen molar-refractivity contribution >= 4 is 11.8 Å². The second kappa shape index (κ2) is 6.26. The minimum absolute atomic E-state index is 0.0535. The normalized spacial score (nSPS) is 23.1. The predicted molar refractivity (Wildman–Crippen MR) is 79.5 cm³/mol. The Bertz CT molecular complexity index is 518. The summed E-state index contributed by atoms with van der Waals surface area (Å²) in [6.45, 7) is 3.15. The van der Waals surface area contributed by atoms with Gasteiger partial charge in [-0.25, -0.2) is 0 Å². The molecule has 1 atom stereocenters. The first-order valence-electron chi connectivity index (χ1n) is 7.57. The van der Waals surface area contributed by atoms with Gasteiger partial charge in [-0.1, -0.05) is 30.3 Å². The van der Waals surface area contributed by atoms with E-state index in [2.05, 4.69) is 22.3 Å². The van der Waals surface area contributed by atoms with Crippen LogP contribution in [0.25, 0.3) is 0 Å². The zero-order valence-electron chi connectivity index (χ0n) is 12.1. The van der Waals surface area contributed by atoms with Crippen LogP contribution in [0, 0.1) is 0 Å². The highest BCUT2D eigenvalue weighted by molar-refractivity contribution is 5.88. The number of rotatable bonds is 3. The van der Waals surface area contributed by atoms with E-state index in [-0.39, 0.29) is 24.4 Å². The van der Waals surface area contributed by atoms with Gasteiger partial charge in [0.25, 0.3) is 0 Å². The highest BCUT2D eigenvalue weighted by Crippen LogP contribution is 2.22. The molecule has 3 rings (SSSR count). The number of amides is 2. The number of piperazine rings is 1. The quantitative estimate of drug-likeness (QED) is 0.886. The first kappa shape index (κ1) is 14.1. The lowest BCUT2D eigenvalue weighted by atomic mass is 10.1. The molecule has 112 valence electrons. The van der Waals surface area contributed by atoms with Crippen LogP contribution in [0.15, 0.2) is 30.3 Å². The van der Waals surface area contributed by atoms with Crippen molar-refractivity contribution in [1.29, 1.82) is 0 Å².